The van der Waals surface area contributed by atoms with Gasteiger partial charge in [0, 0.05) is 18.3 Å². The third kappa shape index (κ3) is 5.29. The molecular formula is C19H17F2N7O2S. The Morgan fingerprint density at radius 1 is 1.23 bits per heavy atom. The molecule has 0 aliphatic heterocycles. The predicted octanol–water partition coefficient (Wildman–Crippen LogP) is 2.69. The van der Waals surface area contributed by atoms with Gasteiger partial charge >= 0.3 is 0 Å². The summed E-state index contributed by atoms with van der Waals surface area (Å²) < 4.78 is 27.2. The van der Waals surface area contributed by atoms with Gasteiger partial charge in [-0.1, -0.05) is 11.3 Å². The third-order valence-corrected chi connectivity index (χ3v) is 4.88. The minimum atomic E-state index is -0.911. The molecule has 0 aliphatic rings. The molecule has 0 amide bonds. The lowest BCUT2D eigenvalue weighted by Crippen LogP contribution is -2.07. The van der Waals surface area contributed by atoms with Gasteiger partial charge in [-0.15, -0.1) is 10.2 Å². The van der Waals surface area contributed by atoms with Gasteiger partial charge < -0.3 is 10.3 Å². The SMILES string of the molecule is CNCc1nnc(-c2cn[nH]n2)s1.Cc1cc(F)c(C(=O)c2c[nH]c(C=O)c2)c(F)c1. The molecule has 0 atom stereocenters. The lowest BCUT2D eigenvalue weighted by atomic mass is 10.0. The van der Waals surface area contributed by atoms with Crippen molar-refractivity contribution < 1.29 is 18.4 Å². The van der Waals surface area contributed by atoms with Crippen LogP contribution in [0.15, 0.2) is 30.6 Å². The first kappa shape index (κ1) is 22.1. The van der Waals surface area contributed by atoms with Crippen molar-refractivity contribution in [3.05, 3.63) is 69.6 Å². The van der Waals surface area contributed by atoms with Crippen LogP contribution < -0.4 is 5.32 Å². The molecule has 0 bridgehead atoms. The van der Waals surface area contributed by atoms with Crippen LogP contribution in [0.5, 0.6) is 0 Å². The molecule has 3 N–H and O–H groups in total. The Morgan fingerprint density at radius 3 is 2.55 bits per heavy atom. The molecule has 0 fully saturated rings. The first-order valence-corrected chi connectivity index (χ1v) is 9.71. The molecule has 0 saturated heterocycles. The van der Waals surface area contributed by atoms with E-state index in [0.29, 0.717) is 11.8 Å². The van der Waals surface area contributed by atoms with Gasteiger partial charge in [0.25, 0.3) is 0 Å². The zero-order valence-corrected chi connectivity index (χ0v) is 17.3. The first-order chi connectivity index (χ1) is 14.9. The van der Waals surface area contributed by atoms with Crippen LogP contribution in [0.2, 0.25) is 0 Å². The van der Waals surface area contributed by atoms with Gasteiger partial charge in [-0.3, -0.25) is 9.59 Å². The van der Waals surface area contributed by atoms with E-state index in [-0.39, 0.29) is 11.3 Å². The van der Waals surface area contributed by atoms with Crippen LogP contribution >= 0.6 is 11.3 Å². The Morgan fingerprint density at radius 2 is 1.97 bits per heavy atom. The fourth-order valence-corrected chi connectivity index (χ4v) is 3.36. The van der Waals surface area contributed by atoms with E-state index in [1.165, 1.54) is 30.5 Å². The molecule has 4 rings (SSSR count). The van der Waals surface area contributed by atoms with Crippen LogP contribution in [0.3, 0.4) is 0 Å². The summed E-state index contributed by atoms with van der Waals surface area (Å²) in [5, 5.41) is 22.9. The van der Waals surface area contributed by atoms with Crippen molar-refractivity contribution in [3.8, 4) is 10.7 Å². The second kappa shape index (κ2) is 9.91. The van der Waals surface area contributed by atoms with E-state index in [2.05, 4.69) is 35.9 Å². The number of carbonyl (C=O) groups excluding carboxylic acids is 2. The average molecular weight is 445 g/mol. The molecule has 1 aromatic carbocycles. The van der Waals surface area contributed by atoms with Crippen LogP contribution in [-0.2, 0) is 6.54 Å². The number of H-pyrrole nitrogens is 2. The molecular weight excluding hydrogens is 428 g/mol. The Hall–Kier alpha value is -3.64. The number of hydrogen-bond donors (Lipinski definition) is 3. The van der Waals surface area contributed by atoms with Crippen molar-refractivity contribution in [1.82, 2.24) is 35.9 Å². The second-order valence-electron chi connectivity index (χ2n) is 6.28. The molecule has 0 radical (unpaired) electrons. The maximum absolute atomic E-state index is 13.6. The largest absolute Gasteiger partial charge is 0.358 e. The highest BCUT2D eigenvalue weighted by Gasteiger charge is 2.20. The summed E-state index contributed by atoms with van der Waals surface area (Å²) in [5.74, 6) is -2.62. The molecule has 0 aliphatic carbocycles. The Balaban J connectivity index is 0.000000185. The molecule has 3 aromatic heterocycles. The fraction of sp³-hybridized carbons (Fsp3) is 0.158. The van der Waals surface area contributed by atoms with E-state index in [1.54, 1.807) is 6.20 Å². The number of halogens is 2. The zero-order chi connectivity index (χ0) is 22.4. The van der Waals surface area contributed by atoms with E-state index in [9.17, 15) is 18.4 Å². The number of aromatic amines is 2. The van der Waals surface area contributed by atoms with Crippen molar-refractivity contribution in [2.24, 2.45) is 0 Å². The van der Waals surface area contributed by atoms with Crippen LogP contribution in [0.1, 0.15) is 37.0 Å². The minimum Gasteiger partial charge on any atom is -0.358 e. The van der Waals surface area contributed by atoms with Gasteiger partial charge in [-0.25, -0.2) is 8.78 Å². The highest BCUT2D eigenvalue weighted by molar-refractivity contribution is 7.14. The number of benzene rings is 1. The van der Waals surface area contributed by atoms with Crippen molar-refractivity contribution in [2.45, 2.75) is 13.5 Å². The van der Waals surface area contributed by atoms with E-state index < -0.39 is 23.0 Å². The molecule has 0 saturated carbocycles. The molecule has 31 heavy (non-hydrogen) atoms. The molecule has 0 spiro atoms. The smallest absolute Gasteiger partial charge is 0.200 e. The molecule has 160 valence electrons. The van der Waals surface area contributed by atoms with Gasteiger partial charge in [0.05, 0.1) is 17.5 Å². The Kier molecular flexibility index (Phi) is 7.05. The Labute approximate surface area is 178 Å². The van der Waals surface area contributed by atoms with Crippen LogP contribution in [0.25, 0.3) is 10.7 Å². The number of rotatable bonds is 6. The quantitative estimate of drug-likeness (QED) is 0.307. The van der Waals surface area contributed by atoms with Gasteiger partial charge in [-0.2, -0.15) is 15.4 Å². The van der Waals surface area contributed by atoms with E-state index >= 15 is 0 Å². The Bertz CT molecular complexity index is 1160. The van der Waals surface area contributed by atoms with Crippen molar-refractivity contribution in [2.75, 3.05) is 7.05 Å². The molecule has 3 heterocycles. The summed E-state index contributed by atoms with van der Waals surface area (Å²) in [6, 6.07) is 3.42. The maximum atomic E-state index is 13.6. The van der Waals surface area contributed by atoms with Crippen molar-refractivity contribution >= 4 is 23.4 Å². The van der Waals surface area contributed by atoms with E-state index in [1.807, 2.05) is 7.05 Å². The van der Waals surface area contributed by atoms with E-state index in [4.69, 9.17) is 0 Å². The highest BCUT2D eigenvalue weighted by atomic mass is 32.1. The number of aromatic nitrogens is 6. The number of aldehydes is 1. The van der Waals surface area contributed by atoms with Gasteiger partial charge in [0.15, 0.2) is 17.1 Å². The summed E-state index contributed by atoms with van der Waals surface area (Å²) in [7, 11) is 1.87. The first-order valence-electron chi connectivity index (χ1n) is 8.90. The van der Waals surface area contributed by atoms with Crippen LogP contribution in [-0.4, -0.2) is 49.7 Å². The monoisotopic (exact) mass is 445 g/mol. The zero-order valence-electron chi connectivity index (χ0n) is 16.4. The fourth-order valence-electron chi connectivity index (χ4n) is 2.56. The standard InChI is InChI=1S/C13H9F2NO2.C6H8N6S/c1-7-2-10(14)12(11(15)3-7)13(18)8-4-9(6-17)16-5-8;1-7-3-5-10-11-6(13-5)4-2-8-12-9-4/h2-6,16H,1H3;2,7H,3H2,1H3,(H,8,9,12). The molecule has 9 nitrogen and oxygen atoms in total. The minimum absolute atomic E-state index is 0.0405. The molecule has 4 aromatic rings. The second-order valence-corrected chi connectivity index (χ2v) is 7.34. The summed E-state index contributed by atoms with van der Waals surface area (Å²) >= 11 is 1.51. The molecule has 12 heteroatoms. The van der Waals surface area contributed by atoms with E-state index in [0.717, 1.165) is 34.4 Å². The lowest BCUT2D eigenvalue weighted by molar-refractivity contribution is 0.103. The number of nitrogens with zero attached hydrogens (tertiary/aromatic N) is 4. The summed E-state index contributed by atoms with van der Waals surface area (Å²) in [4.78, 5) is 24.9. The predicted molar refractivity (Wildman–Crippen MR) is 109 cm³/mol. The summed E-state index contributed by atoms with van der Waals surface area (Å²) in [5.41, 5.74) is 0.728. The van der Waals surface area contributed by atoms with Crippen LogP contribution in [0, 0.1) is 18.6 Å². The van der Waals surface area contributed by atoms with Gasteiger partial charge in [0.2, 0.25) is 0 Å². The third-order valence-electron chi connectivity index (χ3n) is 3.94. The number of carbonyl (C=O) groups is 2. The lowest BCUT2D eigenvalue weighted by Gasteiger charge is -2.04. The van der Waals surface area contributed by atoms with Crippen LogP contribution in [0.4, 0.5) is 8.78 Å². The molecule has 0 unspecified atom stereocenters. The van der Waals surface area contributed by atoms with Gasteiger partial charge in [0.1, 0.15) is 22.3 Å². The summed E-state index contributed by atoms with van der Waals surface area (Å²) in [6.45, 7) is 2.26. The maximum Gasteiger partial charge on any atom is 0.200 e. The number of hydrogen-bond acceptors (Lipinski definition) is 8. The topological polar surface area (TPSA) is 129 Å². The number of aryl methyl sites for hydroxylation is 1. The van der Waals surface area contributed by atoms with Crippen molar-refractivity contribution in [1.29, 1.82) is 0 Å². The average Bonchev–Trinajstić information content (AvgIpc) is 3.49. The van der Waals surface area contributed by atoms with Gasteiger partial charge in [-0.05, 0) is 37.7 Å². The normalized spacial score (nSPS) is 10.5. The van der Waals surface area contributed by atoms with Crippen molar-refractivity contribution in [3.63, 3.8) is 0 Å². The number of nitrogens with one attached hydrogen (secondary N) is 3. The highest BCUT2D eigenvalue weighted by Crippen LogP contribution is 2.20. The summed E-state index contributed by atoms with van der Waals surface area (Å²) in [6.07, 6.45) is 3.38. The number of ketones is 1.